The molecule has 2 rings (SSSR count). The molecule has 17 heavy (non-hydrogen) atoms. The quantitative estimate of drug-likeness (QED) is 0.757. The van der Waals surface area contributed by atoms with Gasteiger partial charge in [-0.2, -0.15) is 0 Å². The Morgan fingerprint density at radius 1 is 1.41 bits per heavy atom. The minimum atomic E-state index is 0.312. The van der Waals surface area contributed by atoms with Crippen LogP contribution in [0.2, 0.25) is 0 Å². The third-order valence-corrected chi connectivity index (χ3v) is 3.90. The van der Waals surface area contributed by atoms with Crippen LogP contribution in [0.5, 0.6) is 0 Å². The van der Waals surface area contributed by atoms with Gasteiger partial charge < -0.3 is 10.4 Å². The van der Waals surface area contributed by atoms with Crippen molar-refractivity contribution in [2.24, 2.45) is 5.92 Å². The summed E-state index contributed by atoms with van der Waals surface area (Å²) in [5.74, 6) is 1.33. The monoisotopic (exact) mass is 233 g/mol. The van der Waals surface area contributed by atoms with Gasteiger partial charge in [-0.05, 0) is 36.4 Å². The predicted molar refractivity (Wildman–Crippen MR) is 71.2 cm³/mol. The van der Waals surface area contributed by atoms with Gasteiger partial charge in [0.2, 0.25) is 0 Å². The van der Waals surface area contributed by atoms with E-state index in [4.69, 9.17) is 5.11 Å². The zero-order valence-electron chi connectivity index (χ0n) is 10.7. The number of hydrogen-bond donors (Lipinski definition) is 2. The Balaban J connectivity index is 1.71. The van der Waals surface area contributed by atoms with Crippen molar-refractivity contribution in [2.75, 3.05) is 19.7 Å². The van der Waals surface area contributed by atoms with Crippen LogP contribution in [-0.2, 0) is 6.42 Å². The van der Waals surface area contributed by atoms with Crippen LogP contribution in [0.4, 0.5) is 0 Å². The molecule has 94 valence electrons. The fourth-order valence-corrected chi connectivity index (χ4v) is 2.64. The molecule has 0 fully saturated rings. The summed E-state index contributed by atoms with van der Waals surface area (Å²) in [6, 6.07) is 8.73. The van der Waals surface area contributed by atoms with Gasteiger partial charge >= 0.3 is 0 Å². The zero-order valence-corrected chi connectivity index (χ0v) is 10.7. The lowest BCUT2D eigenvalue weighted by atomic mass is 9.77. The van der Waals surface area contributed by atoms with E-state index in [-0.39, 0.29) is 0 Å². The van der Waals surface area contributed by atoms with E-state index in [0.29, 0.717) is 18.4 Å². The summed E-state index contributed by atoms with van der Waals surface area (Å²) >= 11 is 0. The lowest BCUT2D eigenvalue weighted by Gasteiger charge is -2.30. The van der Waals surface area contributed by atoms with E-state index in [1.165, 1.54) is 17.5 Å². The van der Waals surface area contributed by atoms with Gasteiger partial charge in [-0.3, -0.25) is 0 Å². The van der Waals surface area contributed by atoms with E-state index >= 15 is 0 Å². The molecule has 0 saturated carbocycles. The van der Waals surface area contributed by atoms with Gasteiger partial charge in [0.25, 0.3) is 0 Å². The van der Waals surface area contributed by atoms with E-state index in [1.54, 1.807) is 0 Å². The second-order valence-electron chi connectivity index (χ2n) is 5.04. The van der Waals surface area contributed by atoms with Crippen LogP contribution in [0, 0.1) is 5.92 Å². The summed E-state index contributed by atoms with van der Waals surface area (Å²) in [5, 5.41) is 12.5. The molecule has 2 heteroatoms. The standard InChI is InChI=1S/C15H23NO/c1-2-12(7-8-17)10-16-11-14-9-13-5-3-4-6-15(13)14/h3-6,12,14,16-17H,2,7-11H2,1H3. The number of hydrogen-bond acceptors (Lipinski definition) is 2. The smallest absolute Gasteiger partial charge is 0.0434 e. The maximum atomic E-state index is 8.94. The first-order valence-corrected chi connectivity index (χ1v) is 6.74. The highest BCUT2D eigenvalue weighted by Crippen LogP contribution is 2.33. The van der Waals surface area contributed by atoms with Crippen LogP contribution in [0.25, 0.3) is 0 Å². The van der Waals surface area contributed by atoms with Crippen molar-refractivity contribution >= 4 is 0 Å². The van der Waals surface area contributed by atoms with Gasteiger partial charge in [0.05, 0.1) is 0 Å². The molecule has 0 aliphatic heterocycles. The van der Waals surface area contributed by atoms with Crippen LogP contribution in [-0.4, -0.2) is 24.8 Å². The largest absolute Gasteiger partial charge is 0.396 e. The van der Waals surface area contributed by atoms with E-state index < -0.39 is 0 Å². The van der Waals surface area contributed by atoms with E-state index in [9.17, 15) is 0 Å². The molecule has 1 aromatic carbocycles. The molecule has 1 aliphatic carbocycles. The lowest BCUT2D eigenvalue weighted by Crippen LogP contribution is -2.32. The SMILES string of the molecule is CCC(CCO)CNCC1Cc2ccccc21. The third-order valence-electron chi connectivity index (χ3n) is 3.90. The van der Waals surface area contributed by atoms with Gasteiger partial charge in [-0.15, -0.1) is 0 Å². The van der Waals surface area contributed by atoms with Crippen LogP contribution in [0.15, 0.2) is 24.3 Å². The molecule has 0 saturated heterocycles. The van der Waals surface area contributed by atoms with E-state index in [0.717, 1.165) is 25.9 Å². The average Bonchev–Trinajstić information content (AvgIpc) is 2.33. The predicted octanol–water partition coefficient (Wildman–Crippen LogP) is 2.32. The first kappa shape index (κ1) is 12.6. The molecule has 0 spiro atoms. The van der Waals surface area contributed by atoms with Crippen molar-refractivity contribution in [1.29, 1.82) is 0 Å². The maximum Gasteiger partial charge on any atom is 0.0434 e. The zero-order chi connectivity index (χ0) is 12.1. The summed E-state index contributed by atoms with van der Waals surface area (Å²) in [7, 11) is 0. The Morgan fingerprint density at radius 2 is 2.24 bits per heavy atom. The number of aliphatic hydroxyl groups is 1. The minimum absolute atomic E-state index is 0.312. The molecule has 0 amide bonds. The van der Waals surface area contributed by atoms with E-state index in [1.807, 2.05) is 0 Å². The molecule has 0 aromatic heterocycles. The molecule has 0 radical (unpaired) electrons. The van der Waals surface area contributed by atoms with E-state index in [2.05, 4.69) is 36.5 Å². The van der Waals surface area contributed by atoms with Crippen molar-refractivity contribution in [3.05, 3.63) is 35.4 Å². The number of rotatable bonds is 7. The Morgan fingerprint density at radius 3 is 2.94 bits per heavy atom. The second-order valence-corrected chi connectivity index (χ2v) is 5.04. The van der Waals surface area contributed by atoms with Crippen LogP contribution in [0.1, 0.15) is 36.8 Å². The molecular formula is C15H23NO. The Labute approximate surface area is 104 Å². The third kappa shape index (κ3) is 3.08. The molecule has 1 aromatic rings. The van der Waals surface area contributed by atoms with Crippen LogP contribution >= 0.6 is 0 Å². The number of benzene rings is 1. The van der Waals surface area contributed by atoms with Crippen LogP contribution < -0.4 is 5.32 Å². The average molecular weight is 233 g/mol. The molecule has 2 N–H and O–H groups in total. The second kappa shape index (κ2) is 6.18. The molecular weight excluding hydrogens is 210 g/mol. The van der Waals surface area contributed by atoms with Crippen molar-refractivity contribution in [1.82, 2.24) is 5.32 Å². The van der Waals surface area contributed by atoms with Crippen LogP contribution in [0.3, 0.4) is 0 Å². The molecule has 1 aliphatic rings. The summed E-state index contributed by atoms with van der Waals surface area (Å²) in [6.07, 6.45) is 3.29. The van der Waals surface area contributed by atoms with Gasteiger partial charge in [-0.25, -0.2) is 0 Å². The molecule has 2 nitrogen and oxygen atoms in total. The van der Waals surface area contributed by atoms with Crippen molar-refractivity contribution in [3.63, 3.8) is 0 Å². The van der Waals surface area contributed by atoms with Crippen molar-refractivity contribution in [2.45, 2.75) is 32.1 Å². The Bertz CT molecular complexity index is 351. The highest BCUT2D eigenvalue weighted by molar-refractivity contribution is 5.40. The first-order chi connectivity index (χ1) is 8.35. The van der Waals surface area contributed by atoms with Gasteiger partial charge in [0, 0.05) is 19.1 Å². The molecule has 0 bridgehead atoms. The topological polar surface area (TPSA) is 32.3 Å². The summed E-state index contributed by atoms with van der Waals surface area (Å²) in [6.45, 7) is 4.63. The lowest BCUT2D eigenvalue weighted by molar-refractivity contribution is 0.250. The van der Waals surface area contributed by atoms with Gasteiger partial charge in [0.1, 0.15) is 0 Å². The number of fused-ring (bicyclic) bond motifs is 1. The first-order valence-electron chi connectivity index (χ1n) is 6.74. The Hall–Kier alpha value is -0.860. The Kier molecular flexibility index (Phi) is 4.57. The minimum Gasteiger partial charge on any atom is -0.396 e. The fourth-order valence-electron chi connectivity index (χ4n) is 2.64. The highest BCUT2D eigenvalue weighted by atomic mass is 16.3. The maximum absolute atomic E-state index is 8.94. The summed E-state index contributed by atoms with van der Waals surface area (Å²) in [5.41, 5.74) is 3.04. The molecule has 2 unspecified atom stereocenters. The number of nitrogens with one attached hydrogen (secondary N) is 1. The molecule has 2 atom stereocenters. The van der Waals surface area contributed by atoms with Crippen molar-refractivity contribution < 1.29 is 5.11 Å². The highest BCUT2D eigenvalue weighted by Gasteiger charge is 2.24. The van der Waals surface area contributed by atoms with Gasteiger partial charge in [-0.1, -0.05) is 37.6 Å². The van der Waals surface area contributed by atoms with Crippen molar-refractivity contribution in [3.8, 4) is 0 Å². The number of aliphatic hydroxyl groups excluding tert-OH is 1. The van der Waals surface area contributed by atoms with Gasteiger partial charge in [0.15, 0.2) is 0 Å². The summed E-state index contributed by atoms with van der Waals surface area (Å²) in [4.78, 5) is 0. The normalized spacial score (nSPS) is 19.5. The summed E-state index contributed by atoms with van der Waals surface area (Å²) < 4.78 is 0. The molecule has 0 heterocycles. The fraction of sp³-hybridized carbons (Fsp3) is 0.600.